The van der Waals surface area contributed by atoms with E-state index in [0.717, 1.165) is 25.1 Å². The van der Waals surface area contributed by atoms with Crippen molar-refractivity contribution in [3.8, 4) is 0 Å². The highest BCUT2D eigenvalue weighted by Gasteiger charge is 2.22. The van der Waals surface area contributed by atoms with Gasteiger partial charge in [0.05, 0.1) is 17.5 Å². The molecule has 4 heteroatoms. The maximum Gasteiger partial charge on any atom is 0.128 e. The molecule has 0 saturated carbocycles. The van der Waals surface area contributed by atoms with E-state index in [-0.39, 0.29) is 18.0 Å². The molecule has 2 unspecified atom stereocenters. The second-order valence-electron chi connectivity index (χ2n) is 4.67. The first-order valence-corrected chi connectivity index (χ1v) is 6.01. The summed E-state index contributed by atoms with van der Waals surface area (Å²) in [5.41, 5.74) is 7.62. The van der Waals surface area contributed by atoms with E-state index in [2.05, 4.69) is 12.2 Å². The lowest BCUT2D eigenvalue weighted by Gasteiger charge is -2.22. The van der Waals surface area contributed by atoms with Gasteiger partial charge in [0.2, 0.25) is 0 Å². The van der Waals surface area contributed by atoms with Crippen molar-refractivity contribution in [2.24, 2.45) is 0 Å². The Bertz CT molecular complexity index is 403. The molecular weight excluding hydrogens is 219 g/mol. The summed E-state index contributed by atoms with van der Waals surface area (Å²) in [6.07, 6.45) is 2.39. The van der Waals surface area contributed by atoms with Crippen LogP contribution in [0.4, 0.5) is 15.8 Å². The van der Waals surface area contributed by atoms with Gasteiger partial charge in [-0.3, -0.25) is 0 Å². The van der Waals surface area contributed by atoms with Crippen LogP contribution in [-0.2, 0) is 4.74 Å². The third-order valence-corrected chi connectivity index (χ3v) is 3.24. The molecule has 0 radical (unpaired) electrons. The van der Waals surface area contributed by atoms with Gasteiger partial charge in [0.25, 0.3) is 0 Å². The van der Waals surface area contributed by atoms with Crippen LogP contribution in [0.15, 0.2) is 12.1 Å². The molecule has 1 heterocycles. The molecule has 1 saturated heterocycles. The van der Waals surface area contributed by atoms with Crippen LogP contribution in [0.5, 0.6) is 0 Å². The van der Waals surface area contributed by atoms with Gasteiger partial charge in [-0.15, -0.1) is 0 Å². The van der Waals surface area contributed by atoms with Gasteiger partial charge in [-0.2, -0.15) is 0 Å². The molecule has 0 bridgehead atoms. The van der Waals surface area contributed by atoms with Crippen LogP contribution in [0.2, 0.25) is 0 Å². The molecule has 94 valence electrons. The number of aryl methyl sites for hydroxylation is 1. The Balaban J connectivity index is 2.09. The van der Waals surface area contributed by atoms with E-state index in [1.165, 1.54) is 6.07 Å². The van der Waals surface area contributed by atoms with Gasteiger partial charge in [-0.1, -0.05) is 0 Å². The van der Waals surface area contributed by atoms with Crippen LogP contribution in [0.1, 0.15) is 25.3 Å². The molecule has 0 amide bonds. The van der Waals surface area contributed by atoms with Crippen molar-refractivity contribution in [1.82, 2.24) is 0 Å². The van der Waals surface area contributed by atoms with Crippen molar-refractivity contribution >= 4 is 11.4 Å². The van der Waals surface area contributed by atoms with Crippen molar-refractivity contribution < 1.29 is 9.13 Å². The number of nitrogens with one attached hydrogen (secondary N) is 1. The Morgan fingerprint density at radius 3 is 2.94 bits per heavy atom. The SMILES string of the molecule is Cc1cc(NC(C)C2CCCO2)c(N)cc1F. The number of nitrogen functional groups attached to an aromatic ring is 1. The molecule has 1 aliphatic rings. The zero-order valence-corrected chi connectivity index (χ0v) is 10.3. The lowest BCUT2D eigenvalue weighted by molar-refractivity contribution is 0.0997. The molecule has 1 fully saturated rings. The predicted octanol–water partition coefficient (Wildman–Crippen LogP) is 2.70. The number of hydrogen-bond donors (Lipinski definition) is 2. The fraction of sp³-hybridized carbons (Fsp3) is 0.538. The summed E-state index contributed by atoms with van der Waals surface area (Å²) in [5.74, 6) is -0.266. The average Bonchev–Trinajstić information content (AvgIpc) is 2.79. The second-order valence-corrected chi connectivity index (χ2v) is 4.67. The molecule has 1 aromatic carbocycles. The minimum atomic E-state index is -0.266. The number of hydrogen-bond acceptors (Lipinski definition) is 3. The highest BCUT2D eigenvalue weighted by molar-refractivity contribution is 5.67. The van der Waals surface area contributed by atoms with Crippen molar-refractivity contribution in [1.29, 1.82) is 0 Å². The molecule has 2 rings (SSSR count). The molecular formula is C13H19FN2O. The number of benzene rings is 1. The molecule has 0 spiro atoms. The first kappa shape index (κ1) is 12.2. The van der Waals surface area contributed by atoms with Gasteiger partial charge in [0, 0.05) is 12.6 Å². The molecule has 1 aromatic rings. The third kappa shape index (κ3) is 2.69. The maximum atomic E-state index is 13.3. The monoisotopic (exact) mass is 238 g/mol. The minimum Gasteiger partial charge on any atom is -0.397 e. The third-order valence-electron chi connectivity index (χ3n) is 3.24. The van der Waals surface area contributed by atoms with Crippen molar-refractivity contribution in [3.63, 3.8) is 0 Å². The normalized spacial score (nSPS) is 21.5. The first-order valence-electron chi connectivity index (χ1n) is 6.01. The summed E-state index contributed by atoms with van der Waals surface area (Å²) in [7, 11) is 0. The van der Waals surface area contributed by atoms with Gasteiger partial charge < -0.3 is 15.8 Å². The van der Waals surface area contributed by atoms with E-state index in [4.69, 9.17) is 10.5 Å². The maximum absolute atomic E-state index is 13.3. The van der Waals surface area contributed by atoms with Crippen LogP contribution < -0.4 is 11.1 Å². The molecule has 17 heavy (non-hydrogen) atoms. The Hall–Kier alpha value is -1.29. The largest absolute Gasteiger partial charge is 0.397 e. The first-order chi connectivity index (χ1) is 8.08. The van der Waals surface area contributed by atoms with Crippen molar-refractivity contribution in [2.45, 2.75) is 38.8 Å². The smallest absolute Gasteiger partial charge is 0.128 e. The van der Waals surface area contributed by atoms with Crippen LogP contribution >= 0.6 is 0 Å². The minimum absolute atomic E-state index is 0.185. The van der Waals surface area contributed by atoms with Gasteiger partial charge in [-0.05, 0) is 44.4 Å². The van der Waals surface area contributed by atoms with E-state index in [9.17, 15) is 4.39 Å². The Kier molecular flexibility index (Phi) is 3.52. The lowest BCUT2D eigenvalue weighted by Crippen LogP contribution is -2.30. The molecule has 3 nitrogen and oxygen atoms in total. The van der Waals surface area contributed by atoms with Crippen molar-refractivity contribution in [2.75, 3.05) is 17.7 Å². The van der Waals surface area contributed by atoms with Crippen LogP contribution in [-0.4, -0.2) is 18.8 Å². The summed E-state index contributed by atoms with van der Waals surface area (Å²) in [5, 5.41) is 3.30. The summed E-state index contributed by atoms with van der Waals surface area (Å²) in [6, 6.07) is 3.29. The quantitative estimate of drug-likeness (QED) is 0.796. The fourth-order valence-electron chi connectivity index (χ4n) is 2.16. The van der Waals surface area contributed by atoms with E-state index in [1.54, 1.807) is 13.0 Å². The highest BCUT2D eigenvalue weighted by atomic mass is 19.1. The van der Waals surface area contributed by atoms with Gasteiger partial charge in [0.15, 0.2) is 0 Å². The highest BCUT2D eigenvalue weighted by Crippen LogP contribution is 2.25. The average molecular weight is 238 g/mol. The van der Waals surface area contributed by atoms with Crippen molar-refractivity contribution in [3.05, 3.63) is 23.5 Å². The number of anilines is 2. The number of halogens is 1. The Morgan fingerprint density at radius 1 is 1.53 bits per heavy atom. The summed E-state index contributed by atoms with van der Waals surface area (Å²) >= 11 is 0. The van der Waals surface area contributed by atoms with Gasteiger partial charge in [-0.25, -0.2) is 4.39 Å². The fourth-order valence-corrected chi connectivity index (χ4v) is 2.16. The standard InChI is InChI=1S/C13H19FN2O/c1-8-6-12(11(15)7-10(8)14)16-9(2)13-4-3-5-17-13/h6-7,9,13,16H,3-5,15H2,1-2H3. The van der Waals surface area contributed by atoms with Crippen LogP contribution in [0.3, 0.4) is 0 Å². The summed E-state index contributed by atoms with van der Waals surface area (Å²) in [4.78, 5) is 0. The predicted molar refractivity (Wildman–Crippen MR) is 67.6 cm³/mol. The van der Waals surface area contributed by atoms with Gasteiger partial charge >= 0.3 is 0 Å². The molecule has 0 aromatic heterocycles. The topological polar surface area (TPSA) is 47.3 Å². The van der Waals surface area contributed by atoms with E-state index >= 15 is 0 Å². The van der Waals surface area contributed by atoms with Crippen LogP contribution in [0.25, 0.3) is 0 Å². The molecule has 1 aliphatic heterocycles. The number of rotatable bonds is 3. The zero-order valence-electron chi connectivity index (χ0n) is 10.3. The molecule has 0 aliphatic carbocycles. The molecule has 3 N–H and O–H groups in total. The molecule has 2 atom stereocenters. The van der Waals surface area contributed by atoms with E-state index in [1.807, 2.05) is 0 Å². The second kappa shape index (κ2) is 4.92. The Labute approximate surface area is 101 Å². The van der Waals surface area contributed by atoms with Gasteiger partial charge in [0.1, 0.15) is 5.82 Å². The van der Waals surface area contributed by atoms with E-state index < -0.39 is 0 Å². The number of ether oxygens (including phenoxy) is 1. The Morgan fingerprint density at radius 2 is 2.29 bits per heavy atom. The lowest BCUT2D eigenvalue weighted by atomic mass is 10.1. The summed E-state index contributed by atoms with van der Waals surface area (Å²) in [6.45, 7) is 4.62. The summed E-state index contributed by atoms with van der Waals surface area (Å²) < 4.78 is 18.9. The van der Waals surface area contributed by atoms with Crippen LogP contribution in [0, 0.1) is 12.7 Å². The zero-order chi connectivity index (χ0) is 12.4. The number of nitrogens with two attached hydrogens (primary N) is 1. The van der Waals surface area contributed by atoms with E-state index in [0.29, 0.717) is 11.3 Å².